The number of hydrogen-bond acceptors (Lipinski definition) is 5. The molecule has 0 bridgehead atoms. The molecule has 19 heavy (non-hydrogen) atoms. The van der Waals surface area contributed by atoms with Crippen molar-refractivity contribution in [3.05, 3.63) is 41.6 Å². The second-order valence-electron chi connectivity index (χ2n) is 4.29. The van der Waals surface area contributed by atoms with Crippen LogP contribution >= 0.6 is 0 Å². The zero-order chi connectivity index (χ0) is 13.1. The molecule has 1 N–H and O–H groups in total. The van der Waals surface area contributed by atoms with Crippen molar-refractivity contribution in [3.8, 4) is 0 Å². The highest BCUT2D eigenvalue weighted by Crippen LogP contribution is 2.19. The first-order valence-electron chi connectivity index (χ1n) is 6.19. The van der Waals surface area contributed by atoms with Crippen molar-refractivity contribution in [2.45, 2.75) is 0 Å². The number of anilines is 1. The molecule has 6 nitrogen and oxygen atoms in total. The Hall–Kier alpha value is -2.21. The fourth-order valence-electron chi connectivity index (χ4n) is 2.10. The van der Waals surface area contributed by atoms with E-state index in [2.05, 4.69) is 15.4 Å². The summed E-state index contributed by atoms with van der Waals surface area (Å²) in [6.45, 7) is 2.74. The number of morpholine rings is 1. The number of H-pyrrole nitrogens is 1. The molecule has 0 saturated carbocycles. The van der Waals surface area contributed by atoms with Gasteiger partial charge in [-0.3, -0.25) is 4.79 Å². The number of rotatable bonds is 3. The second-order valence-corrected chi connectivity index (χ2v) is 4.29. The third-order valence-electron chi connectivity index (χ3n) is 3.09. The first-order chi connectivity index (χ1) is 9.36. The predicted octanol–water partition coefficient (Wildman–Crippen LogP) is 0.872. The molecule has 1 saturated heterocycles. The molecule has 98 valence electrons. The zero-order valence-electron chi connectivity index (χ0n) is 10.4. The summed E-state index contributed by atoms with van der Waals surface area (Å²) in [6, 6.07) is 9.10. The number of aromatic amines is 1. The number of ether oxygens (including phenoxy) is 1. The summed E-state index contributed by atoms with van der Waals surface area (Å²) in [4.78, 5) is 14.4. The van der Waals surface area contributed by atoms with E-state index in [4.69, 9.17) is 4.74 Å². The van der Waals surface area contributed by atoms with E-state index in [-0.39, 0.29) is 5.78 Å². The fourth-order valence-corrected chi connectivity index (χ4v) is 2.10. The van der Waals surface area contributed by atoms with Crippen LogP contribution in [-0.2, 0) is 4.74 Å². The summed E-state index contributed by atoms with van der Waals surface area (Å²) >= 11 is 0. The Morgan fingerprint density at radius 2 is 1.89 bits per heavy atom. The van der Waals surface area contributed by atoms with E-state index in [0.717, 1.165) is 13.1 Å². The predicted molar refractivity (Wildman–Crippen MR) is 69.3 cm³/mol. The summed E-state index contributed by atoms with van der Waals surface area (Å²) in [5.41, 5.74) is 0.985. The van der Waals surface area contributed by atoms with Crippen LogP contribution in [0.25, 0.3) is 0 Å². The molecule has 0 aliphatic carbocycles. The van der Waals surface area contributed by atoms with E-state index in [1.165, 1.54) is 0 Å². The van der Waals surface area contributed by atoms with Gasteiger partial charge < -0.3 is 9.64 Å². The molecule has 0 atom stereocenters. The van der Waals surface area contributed by atoms with E-state index < -0.39 is 0 Å². The number of hydrogen-bond donors (Lipinski definition) is 1. The summed E-state index contributed by atoms with van der Waals surface area (Å²) < 4.78 is 5.30. The number of nitrogens with zero attached hydrogens (tertiary/aromatic N) is 3. The second kappa shape index (κ2) is 5.19. The minimum absolute atomic E-state index is 0.115. The molecule has 1 aliphatic heterocycles. The molecule has 1 aliphatic rings. The first kappa shape index (κ1) is 11.9. The van der Waals surface area contributed by atoms with E-state index in [1.807, 2.05) is 23.1 Å². The molecule has 2 heterocycles. The van der Waals surface area contributed by atoms with Gasteiger partial charge in [0.05, 0.1) is 13.2 Å². The molecular formula is C13H14N4O2. The minimum Gasteiger partial charge on any atom is -0.378 e. The Balaban J connectivity index is 1.89. The molecule has 1 aromatic heterocycles. The Labute approximate surface area is 110 Å². The van der Waals surface area contributed by atoms with E-state index in [0.29, 0.717) is 30.3 Å². The van der Waals surface area contributed by atoms with Crippen LogP contribution in [0.3, 0.4) is 0 Å². The van der Waals surface area contributed by atoms with Crippen molar-refractivity contribution >= 4 is 11.6 Å². The smallest absolute Gasteiger partial charge is 0.217 e. The van der Waals surface area contributed by atoms with Gasteiger partial charge in [0.2, 0.25) is 5.78 Å². The molecule has 0 spiro atoms. The highest BCUT2D eigenvalue weighted by atomic mass is 16.5. The largest absolute Gasteiger partial charge is 0.378 e. The van der Waals surface area contributed by atoms with Crippen LogP contribution in [0, 0.1) is 0 Å². The number of aromatic nitrogens is 3. The van der Waals surface area contributed by atoms with Crippen LogP contribution in [-0.4, -0.2) is 47.5 Å². The maximum absolute atomic E-state index is 12.4. The third kappa shape index (κ3) is 2.34. The van der Waals surface area contributed by atoms with Gasteiger partial charge in [0, 0.05) is 18.7 Å². The van der Waals surface area contributed by atoms with Gasteiger partial charge in [-0.1, -0.05) is 30.3 Å². The number of carbonyl (C=O) groups is 1. The van der Waals surface area contributed by atoms with Gasteiger partial charge in [0.25, 0.3) is 0 Å². The van der Waals surface area contributed by atoms with Gasteiger partial charge in [0.1, 0.15) is 0 Å². The van der Waals surface area contributed by atoms with Gasteiger partial charge in [0.15, 0.2) is 11.5 Å². The van der Waals surface area contributed by atoms with Crippen LogP contribution in [0.5, 0.6) is 0 Å². The summed E-state index contributed by atoms with van der Waals surface area (Å²) in [7, 11) is 0. The van der Waals surface area contributed by atoms with Gasteiger partial charge in [-0.25, -0.2) is 0 Å². The lowest BCUT2D eigenvalue weighted by Crippen LogP contribution is -2.37. The van der Waals surface area contributed by atoms with Crippen molar-refractivity contribution in [1.29, 1.82) is 0 Å². The number of nitrogens with one attached hydrogen (secondary N) is 1. The average molecular weight is 258 g/mol. The normalized spacial score (nSPS) is 15.5. The maximum atomic E-state index is 12.4. The standard InChI is InChI=1S/C13H14N4O2/c18-12(10-4-2-1-3-5-10)11-13(15-16-14-11)17-6-8-19-9-7-17/h1-5H,6-9H2,(H,14,15,16). The van der Waals surface area contributed by atoms with E-state index in [9.17, 15) is 4.79 Å². The van der Waals surface area contributed by atoms with Crippen molar-refractivity contribution < 1.29 is 9.53 Å². The van der Waals surface area contributed by atoms with Gasteiger partial charge >= 0.3 is 0 Å². The fraction of sp³-hybridized carbons (Fsp3) is 0.308. The average Bonchev–Trinajstić information content (AvgIpc) is 2.98. The first-order valence-corrected chi connectivity index (χ1v) is 6.19. The minimum atomic E-state index is -0.115. The van der Waals surface area contributed by atoms with Gasteiger partial charge in [-0.05, 0) is 0 Å². The van der Waals surface area contributed by atoms with Crippen LogP contribution in [0.4, 0.5) is 5.82 Å². The van der Waals surface area contributed by atoms with Crippen molar-refractivity contribution in [2.24, 2.45) is 0 Å². The molecule has 1 fully saturated rings. The van der Waals surface area contributed by atoms with Crippen LogP contribution in [0.15, 0.2) is 30.3 Å². The maximum Gasteiger partial charge on any atom is 0.217 e. The van der Waals surface area contributed by atoms with Crippen molar-refractivity contribution in [2.75, 3.05) is 31.2 Å². The molecule has 0 unspecified atom stereocenters. The Morgan fingerprint density at radius 1 is 1.16 bits per heavy atom. The number of benzene rings is 1. The third-order valence-corrected chi connectivity index (χ3v) is 3.09. The van der Waals surface area contributed by atoms with Crippen LogP contribution in [0.1, 0.15) is 16.1 Å². The van der Waals surface area contributed by atoms with Crippen LogP contribution < -0.4 is 4.90 Å². The van der Waals surface area contributed by atoms with E-state index >= 15 is 0 Å². The van der Waals surface area contributed by atoms with Crippen molar-refractivity contribution in [3.63, 3.8) is 0 Å². The van der Waals surface area contributed by atoms with Crippen molar-refractivity contribution in [1.82, 2.24) is 15.4 Å². The lowest BCUT2D eigenvalue weighted by Gasteiger charge is -2.26. The molecule has 0 radical (unpaired) electrons. The summed E-state index contributed by atoms with van der Waals surface area (Å²) in [5.74, 6) is 0.494. The van der Waals surface area contributed by atoms with Crippen LogP contribution in [0.2, 0.25) is 0 Å². The molecule has 1 aromatic carbocycles. The molecule has 0 amide bonds. The molecule has 3 rings (SSSR count). The highest BCUT2D eigenvalue weighted by molar-refractivity contribution is 6.10. The van der Waals surface area contributed by atoms with E-state index in [1.54, 1.807) is 12.1 Å². The zero-order valence-corrected chi connectivity index (χ0v) is 10.4. The van der Waals surface area contributed by atoms with Gasteiger partial charge in [-0.2, -0.15) is 10.3 Å². The van der Waals surface area contributed by atoms with Gasteiger partial charge in [-0.15, -0.1) is 5.10 Å². The number of carbonyl (C=O) groups excluding carboxylic acids is 1. The molecular weight excluding hydrogens is 244 g/mol. The highest BCUT2D eigenvalue weighted by Gasteiger charge is 2.23. The SMILES string of the molecule is O=C(c1ccccc1)c1n[nH]nc1N1CCOCC1. The lowest BCUT2D eigenvalue weighted by atomic mass is 10.1. The summed E-state index contributed by atoms with van der Waals surface area (Å²) in [5, 5.41) is 10.6. The Morgan fingerprint density at radius 3 is 2.63 bits per heavy atom. The summed E-state index contributed by atoms with van der Waals surface area (Å²) in [6.07, 6.45) is 0. The topological polar surface area (TPSA) is 71.1 Å². The molecule has 2 aromatic rings. The molecule has 6 heteroatoms. The Bertz CT molecular complexity index is 561. The lowest BCUT2D eigenvalue weighted by molar-refractivity contribution is 0.103. The quantitative estimate of drug-likeness (QED) is 0.827. The number of ketones is 1. The monoisotopic (exact) mass is 258 g/mol. The Kier molecular flexibility index (Phi) is 3.24.